The number of methoxy groups -OCH3 is 2. The van der Waals surface area contributed by atoms with Crippen LogP contribution in [0, 0.1) is 12.8 Å². The Balaban J connectivity index is 0.00000242. The van der Waals surface area contributed by atoms with E-state index in [-0.39, 0.29) is 12.4 Å². The summed E-state index contributed by atoms with van der Waals surface area (Å²) in [6.07, 6.45) is 2.64. The van der Waals surface area contributed by atoms with Gasteiger partial charge in [0.15, 0.2) is 11.5 Å². The molecule has 1 aliphatic rings. The van der Waals surface area contributed by atoms with Crippen LogP contribution in [-0.4, -0.2) is 45.8 Å². The second kappa shape index (κ2) is 9.23. The van der Waals surface area contributed by atoms with Crippen LogP contribution in [0.3, 0.4) is 0 Å². The minimum Gasteiger partial charge on any atom is -0.493 e. The third-order valence-corrected chi connectivity index (χ3v) is 4.25. The summed E-state index contributed by atoms with van der Waals surface area (Å²) in [6.45, 7) is 6.54. The molecule has 0 saturated carbocycles. The largest absolute Gasteiger partial charge is 0.493 e. The van der Waals surface area contributed by atoms with E-state index in [9.17, 15) is 0 Å². The lowest BCUT2D eigenvalue weighted by molar-refractivity contribution is 0.237. The van der Waals surface area contributed by atoms with E-state index in [1.807, 2.05) is 0 Å². The van der Waals surface area contributed by atoms with Crippen LogP contribution >= 0.6 is 12.4 Å². The Morgan fingerprint density at radius 1 is 1.23 bits per heavy atom. The molecule has 22 heavy (non-hydrogen) atoms. The molecule has 5 heteroatoms. The first-order valence-electron chi connectivity index (χ1n) is 7.74. The van der Waals surface area contributed by atoms with Gasteiger partial charge < -0.3 is 19.7 Å². The lowest BCUT2D eigenvalue weighted by Gasteiger charge is -2.28. The number of nitrogens with zero attached hydrogens (tertiary/aromatic N) is 1. The zero-order chi connectivity index (χ0) is 15.2. The van der Waals surface area contributed by atoms with Gasteiger partial charge in [-0.15, -0.1) is 12.4 Å². The lowest BCUT2D eigenvalue weighted by Crippen LogP contribution is -2.36. The number of benzene rings is 1. The summed E-state index contributed by atoms with van der Waals surface area (Å²) in [4.78, 5) is 2.41. The molecule has 1 aliphatic heterocycles. The van der Waals surface area contributed by atoms with Crippen molar-refractivity contribution in [2.45, 2.75) is 26.3 Å². The molecule has 0 bridgehead atoms. The first kappa shape index (κ1) is 19.1. The van der Waals surface area contributed by atoms with Crippen LogP contribution in [0.1, 0.15) is 24.0 Å². The lowest BCUT2D eigenvalue weighted by atomic mass is 9.99. The van der Waals surface area contributed by atoms with E-state index in [2.05, 4.69) is 36.3 Å². The number of ether oxygens (including phenoxy) is 2. The second-order valence-electron chi connectivity index (χ2n) is 6.04. The molecule has 1 heterocycles. The van der Waals surface area contributed by atoms with Gasteiger partial charge in [0, 0.05) is 13.1 Å². The van der Waals surface area contributed by atoms with Gasteiger partial charge in [-0.3, -0.25) is 0 Å². The summed E-state index contributed by atoms with van der Waals surface area (Å²) < 4.78 is 10.8. The first-order chi connectivity index (χ1) is 10.1. The van der Waals surface area contributed by atoms with Crippen molar-refractivity contribution in [1.29, 1.82) is 0 Å². The van der Waals surface area contributed by atoms with Gasteiger partial charge in [0.2, 0.25) is 0 Å². The molecule has 2 rings (SSSR count). The summed E-state index contributed by atoms with van der Waals surface area (Å²) in [5, 5.41) is 3.49. The van der Waals surface area contributed by atoms with Crippen LogP contribution in [0.4, 0.5) is 0 Å². The summed E-state index contributed by atoms with van der Waals surface area (Å²) >= 11 is 0. The topological polar surface area (TPSA) is 33.7 Å². The number of hydrogen-bond donors (Lipinski definition) is 1. The maximum Gasteiger partial charge on any atom is 0.161 e. The number of aryl methyl sites for hydroxylation is 1. The third-order valence-electron chi connectivity index (χ3n) is 4.25. The fraction of sp³-hybridized carbons (Fsp3) is 0.647. The molecule has 0 radical (unpaired) electrons. The van der Waals surface area contributed by atoms with Gasteiger partial charge in [-0.1, -0.05) is 0 Å². The zero-order valence-electron chi connectivity index (χ0n) is 14.1. The van der Waals surface area contributed by atoms with Crippen LogP contribution < -0.4 is 14.8 Å². The molecule has 1 unspecified atom stereocenters. The molecule has 0 aromatic heterocycles. The van der Waals surface area contributed by atoms with Crippen LogP contribution in [0.15, 0.2) is 12.1 Å². The Hall–Kier alpha value is -0.970. The molecule has 1 aromatic rings. The number of hydrogen-bond acceptors (Lipinski definition) is 4. The van der Waals surface area contributed by atoms with Crippen molar-refractivity contribution in [2.75, 3.05) is 40.9 Å². The Labute approximate surface area is 140 Å². The van der Waals surface area contributed by atoms with E-state index in [4.69, 9.17) is 9.47 Å². The normalized spacial score (nSPS) is 18.0. The van der Waals surface area contributed by atoms with Crippen molar-refractivity contribution in [1.82, 2.24) is 10.2 Å². The first-order valence-corrected chi connectivity index (χ1v) is 7.74. The van der Waals surface area contributed by atoms with Crippen molar-refractivity contribution in [3.05, 3.63) is 23.3 Å². The summed E-state index contributed by atoms with van der Waals surface area (Å²) in [5.41, 5.74) is 2.56. The molecule has 1 atom stereocenters. The quantitative estimate of drug-likeness (QED) is 0.870. The molecule has 1 N–H and O–H groups in total. The zero-order valence-corrected chi connectivity index (χ0v) is 15.0. The molecule has 1 aromatic carbocycles. The molecule has 126 valence electrons. The van der Waals surface area contributed by atoms with E-state index < -0.39 is 0 Å². The smallest absolute Gasteiger partial charge is 0.161 e. The van der Waals surface area contributed by atoms with Gasteiger partial charge in [-0.05, 0) is 69.1 Å². The Morgan fingerprint density at radius 3 is 2.50 bits per heavy atom. The average Bonchev–Trinajstić information content (AvgIpc) is 2.49. The Bertz CT molecular complexity index is 462. The highest BCUT2D eigenvalue weighted by Crippen LogP contribution is 2.30. The van der Waals surface area contributed by atoms with E-state index in [1.54, 1.807) is 14.2 Å². The average molecular weight is 329 g/mol. The van der Waals surface area contributed by atoms with E-state index in [1.165, 1.54) is 30.5 Å². The minimum absolute atomic E-state index is 0. The van der Waals surface area contributed by atoms with Crippen molar-refractivity contribution in [3.8, 4) is 11.5 Å². The van der Waals surface area contributed by atoms with Gasteiger partial charge in [-0.2, -0.15) is 0 Å². The molecular weight excluding hydrogens is 300 g/mol. The number of piperidine rings is 1. The predicted octanol–water partition coefficient (Wildman–Crippen LogP) is 2.87. The van der Waals surface area contributed by atoms with Crippen molar-refractivity contribution in [3.63, 3.8) is 0 Å². The summed E-state index contributed by atoms with van der Waals surface area (Å²) in [6, 6.07) is 4.16. The van der Waals surface area contributed by atoms with E-state index >= 15 is 0 Å². The standard InChI is InChI=1S/C17H28N2O2.ClH/c1-13-8-16(20-3)17(21-4)9-15(13)12-19(2)11-14-6-5-7-18-10-14;/h8-9,14,18H,5-7,10-12H2,1-4H3;1H. The molecule has 0 spiro atoms. The number of halogens is 1. The van der Waals surface area contributed by atoms with Crippen LogP contribution in [0.5, 0.6) is 11.5 Å². The summed E-state index contributed by atoms with van der Waals surface area (Å²) in [5.74, 6) is 2.38. The van der Waals surface area contributed by atoms with Gasteiger partial charge in [0.25, 0.3) is 0 Å². The molecular formula is C17H29ClN2O2. The second-order valence-corrected chi connectivity index (χ2v) is 6.04. The maximum atomic E-state index is 5.41. The van der Waals surface area contributed by atoms with Crippen LogP contribution in [-0.2, 0) is 6.54 Å². The monoisotopic (exact) mass is 328 g/mol. The predicted molar refractivity (Wildman–Crippen MR) is 93.5 cm³/mol. The number of nitrogens with one attached hydrogen (secondary N) is 1. The van der Waals surface area contributed by atoms with Crippen LogP contribution in [0.2, 0.25) is 0 Å². The fourth-order valence-electron chi connectivity index (χ4n) is 3.07. The SMILES string of the molecule is COc1cc(C)c(CN(C)CC2CCCNC2)cc1OC.Cl. The molecule has 0 amide bonds. The van der Waals surface area contributed by atoms with Crippen molar-refractivity contribution < 1.29 is 9.47 Å². The molecule has 1 fully saturated rings. The minimum atomic E-state index is 0. The third kappa shape index (κ3) is 5.04. The fourth-order valence-corrected chi connectivity index (χ4v) is 3.07. The molecule has 0 aliphatic carbocycles. The van der Waals surface area contributed by atoms with Gasteiger partial charge in [-0.25, -0.2) is 0 Å². The van der Waals surface area contributed by atoms with Gasteiger partial charge >= 0.3 is 0 Å². The van der Waals surface area contributed by atoms with Gasteiger partial charge in [0.1, 0.15) is 0 Å². The van der Waals surface area contributed by atoms with E-state index in [0.717, 1.165) is 37.1 Å². The molecule has 4 nitrogen and oxygen atoms in total. The van der Waals surface area contributed by atoms with Crippen LogP contribution in [0.25, 0.3) is 0 Å². The highest BCUT2D eigenvalue weighted by Gasteiger charge is 2.16. The Morgan fingerprint density at radius 2 is 1.91 bits per heavy atom. The van der Waals surface area contributed by atoms with Gasteiger partial charge in [0.05, 0.1) is 14.2 Å². The Kier molecular flexibility index (Phi) is 8.01. The van der Waals surface area contributed by atoms with Crippen molar-refractivity contribution >= 4 is 12.4 Å². The highest BCUT2D eigenvalue weighted by atomic mass is 35.5. The van der Waals surface area contributed by atoms with E-state index in [0.29, 0.717) is 0 Å². The summed E-state index contributed by atoms with van der Waals surface area (Å²) in [7, 11) is 5.57. The van der Waals surface area contributed by atoms with Crippen molar-refractivity contribution in [2.24, 2.45) is 5.92 Å². The molecule has 1 saturated heterocycles. The number of rotatable bonds is 6. The maximum absolute atomic E-state index is 5.41. The highest BCUT2D eigenvalue weighted by molar-refractivity contribution is 5.85.